The number of ether oxygens (including phenoxy) is 3. The number of carbonyl (C=O) groups excluding carboxylic acids is 2. The first kappa shape index (κ1) is 47.6. The van der Waals surface area contributed by atoms with Gasteiger partial charge >= 0.3 is 5.97 Å². The van der Waals surface area contributed by atoms with E-state index >= 15 is 0 Å². The van der Waals surface area contributed by atoms with E-state index in [1.807, 2.05) is 0 Å². The minimum absolute atomic E-state index is 0.0185. The molecular weight excluding hydrogens is 868 g/mol. The molecule has 12 N–H and O–H groups in total. The first-order valence-corrected chi connectivity index (χ1v) is 20.6. The van der Waals surface area contributed by atoms with Crippen LogP contribution in [0.2, 0.25) is 0 Å². The van der Waals surface area contributed by atoms with E-state index in [1.165, 1.54) is 62.4 Å². The lowest BCUT2D eigenvalue weighted by Gasteiger charge is -2.42. The fourth-order valence-electron chi connectivity index (χ4n) is 8.60. The molecule has 0 spiro atoms. The van der Waals surface area contributed by atoms with Crippen molar-refractivity contribution in [2.45, 2.75) is 88.2 Å². The number of hydrogen-bond donors (Lipinski definition) is 12. The Bertz CT molecular complexity index is 2760. The van der Waals surface area contributed by atoms with E-state index in [2.05, 4.69) is 0 Å². The number of aliphatic hydroxyl groups is 7. The van der Waals surface area contributed by atoms with Crippen LogP contribution in [-0.4, -0.2) is 135 Å². The van der Waals surface area contributed by atoms with Crippen molar-refractivity contribution in [1.82, 2.24) is 0 Å². The Hall–Kier alpha value is -6.39. The number of fused-ring (bicyclic) bond motifs is 1. The topological polar surface area (TPSA) is 335 Å². The molecule has 3 heterocycles. The number of hydrogen-bond acceptors (Lipinski definition) is 19. The molecule has 0 radical (unpaired) electrons. The first-order chi connectivity index (χ1) is 31.2. The van der Waals surface area contributed by atoms with Gasteiger partial charge in [0.1, 0.15) is 95.0 Å². The Balaban J connectivity index is 1.29. The molecule has 19 nitrogen and oxygen atoms in total. The van der Waals surface area contributed by atoms with Gasteiger partial charge in [0.25, 0.3) is 0 Å². The zero-order chi connectivity index (χ0) is 48.0. The quantitative estimate of drug-likeness (QED) is 0.0509. The molecule has 2 aliphatic heterocycles. The van der Waals surface area contributed by atoms with Crippen LogP contribution >= 0.6 is 0 Å². The number of aryl methyl sites for hydroxylation is 3. The zero-order valence-corrected chi connectivity index (χ0v) is 35.5. The van der Waals surface area contributed by atoms with Gasteiger partial charge in [0.2, 0.25) is 0 Å². The fraction of sp³-hybridized carbons (Fsp3) is 0.340. The number of rotatable bonds is 11. The Morgan fingerprint density at radius 2 is 1.30 bits per heavy atom. The molecule has 0 aliphatic carbocycles. The second kappa shape index (κ2) is 18.8. The Labute approximate surface area is 374 Å². The molecule has 7 rings (SSSR count). The van der Waals surface area contributed by atoms with E-state index in [1.54, 1.807) is 6.92 Å². The molecule has 2 saturated heterocycles. The van der Waals surface area contributed by atoms with Crippen LogP contribution in [0.4, 0.5) is 0 Å². The Morgan fingerprint density at radius 3 is 1.95 bits per heavy atom. The van der Waals surface area contributed by atoms with Gasteiger partial charge in [0.05, 0.1) is 40.9 Å². The van der Waals surface area contributed by atoms with Gasteiger partial charge in [-0.25, -0.2) is 4.79 Å². The minimum atomic E-state index is -1.97. The molecule has 350 valence electrons. The van der Waals surface area contributed by atoms with Gasteiger partial charge in [-0.2, -0.15) is 0 Å². The highest BCUT2D eigenvalue weighted by molar-refractivity contribution is 6.03. The van der Waals surface area contributed by atoms with E-state index < -0.39 is 132 Å². The third-order valence-electron chi connectivity index (χ3n) is 11.8. The molecule has 1 aromatic heterocycles. The van der Waals surface area contributed by atoms with Crippen molar-refractivity contribution >= 4 is 28.8 Å². The van der Waals surface area contributed by atoms with Crippen LogP contribution in [0.25, 0.3) is 28.4 Å². The number of phenols is 5. The summed E-state index contributed by atoms with van der Waals surface area (Å²) in [6.07, 6.45) is -15.9. The summed E-state index contributed by atoms with van der Waals surface area (Å²) in [5.74, 6) is -4.92. The smallest absolute Gasteiger partial charge is 0.331 e. The molecule has 10 atom stereocenters. The highest BCUT2D eigenvalue weighted by Crippen LogP contribution is 2.47. The maximum absolute atomic E-state index is 14.5. The van der Waals surface area contributed by atoms with Gasteiger partial charge in [-0.05, 0) is 85.0 Å². The number of phenolic OH excluding ortho intramolecular Hbond substituents is 5. The van der Waals surface area contributed by atoms with Crippen molar-refractivity contribution < 1.29 is 89.5 Å². The molecule has 19 heteroatoms. The number of aliphatic hydroxyl groups excluding tert-OH is 7. The van der Waals surface area contributed by atoms with Crippen LogP contribution in [0.1, 0.15) is 61.5 Å². The molecule has 66 heavy (non-hydrogen) atoms. The highest BCUT2D eigenvalue weighted by Gasteiger charge is 2.49. The fourth-order valence-corrected chi connectivity index (χ4v) is 8.60. The van der Waals surface area contributed by atoms with Crippen LogP contribution in [0.15, 0.2) is 69.9 Å². The molecule has 10 unspecified atom stereocenters. The molecule has 0 saturated carbocycles. The predicted octanol–water partition coefficient (Wildman–Crippen LogP) is 1.63. The average Bonchev–Trinajstić information content (AvgIpc) is 3.25. The molecule has 5 aromatic rings. The summed E-state index contributed by atoms with van der Waals surface area (Å²) in [6.45, 7) is 2.78. The molecule has 2 fully saturated rings. The van der Waals surface area contributed by atoms with Gasteiger partial charge in [-0.1, -0.05) is 18.2 Å². The van der Waals surface area contributed by atoms with Crippen LogP contribution in [0, 0.1) is 20.8 Å². The molecule has 2 aliphatic rings. The normalized spacial score (nSPS) is 25.6. The van der Waals surface area contributed by atoms with E-state index in [4.69, 9.17) is 18.6 Å². The van der Waals surface area contributed by atoms with Gasteiger partial charge in [0, 0.05) is 18.6 Å². The Morgan fingerprint density at radius 1 is 0.697 bits per heavy atom. The van der Waals surface area contributed by atoms with Crippen molar-refractivity contribution in [3.8, 4) is 40.1 Å². The van der Waals surface area contributed by atoms with Crippen molar-refractivity contribution in [3.05, 3.63) is 115 Å². The minimum Gasteiger partial charge on any atom is -0.508 e. The number of carbonyl (C=O) groups is 2. The van der Waals surface area contributed by atoms with E-state index in [-0.39, 0.29) is 50.3 Å². The van der Waals surface area contributed by atoms with Crippen LogP contribution in [0.3, 0.4) is 0 Å². The third kappa shape index (κ3) is 8.83. The summed E-state index contributed by atoms with van der Waals surface area (Å²) in [4.78, 5) is 41.5. The van der Waals surface area contributed by atoms with Crippen molar-refractivity contribution in [3.63, 3.8) is 0 Å². The van der Waals surface area contributed by atoms with Crippen molar-refractivity contribution in [2.75, 3.05) is 13.2 Å². The van der Waals surface area contributed by atoms with Gasteiger partial charge in [-0.3, -0.25) is 9.59 Å². The lowest BCUT2D eigenvalue weighted by atomic mass is 9.86. The number of esters is 1. The van der Waals surface area contributed by atoms with Crippen LogP contribution in [0.5, 0.6) is 28.7 Å². The van der Waals surface area contributed by atoms with Gasteiger partial charge in [0.15, 0.2) is 17.3 Å². The van der Waals surface area contributed by atoms with Gasteiger partial charge < -0.3 is 79.9 Å². The number of Topliss-reactive ketones (excluding diaryl/α,β-unsaturated/α-hetero) is 1. The van der Waals surface area contributed by atoms with E-state index in [9.17, 15) is 75.7 Å². The molecule has 0 bridgehead atoms. The van der Waals surface area contributed by atoms with Crippen LogP contribution in [-0.2, 0) is 25.4 Å². The largest absolute Gasteiger partial charge is 0.508 e. The van der Waals surface area contributed by atoms with Crippen LogP contribution < -0.4 is 5.43 Å². The lowest BCUT2D eigenvalue weighted by molar-refractivity contribution is -0.240. The summed E-state index contributed by atoms with van der Waals surface area (Å²) in [5, 5.41) is 129. The maximum Gasteiger partial charge on any atom is 0.331 e. The summed E-state index contributed by atoms with van der Waals surface area (Å²) in [7, 11) is 0. The molecule has 4 aromatic carbocycles. The number of ketones is 1. The second-order valence-corrected chi connectivity index (χ2v) is 16.4. The Kier molecular flexibility index (Phi) is 13.6. The standard InChI is InChI=1S/C47H48O19/c1-18-10-22(35(24(51)11-18)29-15-28(55)34-20(3)13-26(53)37(44(34)63-29)45-43(62)41(60)38(57)30(16-48)64-45)14-27(54)33-19(2)12-25(52)36(40(33)59)46-47(42(61)39(58)31(17-49)65-46)66-32(56)9-6-21-4-7-23(50)8-5-21/h4-13,15,30-31,38-39,41-43,45-53,57-62H,14,16-17H2,1-3H3. The van der Waals surface area contributed by atoms with Crippen molar-refractivity contribution in [1.29, 1.82) is 0 Å². The molecular formula is C47H48O19. The van der Waals surface area contributed by atoms with E-state index in [0.717, 1.165) is 18.2 Å². The van der Waals surface area contributed by atoms with Gasteiger partial charge in [-0.15, -0.1) is 0 Å². The summed E-state index contributed by atoms with van der Waals surface area (Å²) < 4.78 is 23.3. The maximum atomic E-state index is 14.5. The lowest BCUT2D eigenvalue weighted by Crippen LogP contribution is -2.56. The average molecular weight is 917 g/mol. The number of aromatic hydroxyl groups is 5. The summed E-state index contributed by atoms with van der Waals surface area (Å²) >= 11 is 0. The number of benzene rings is 4. The highest BCUT2D eigenvalue weighted by atomic mass is 16.6. The van der Waals surface area contributed by atoms with E-state index in [0.29, 0.717) is 11.1 Å². The third-order valence-corrected chi connectivity index (χ3v) is 11.8. The second-order valence-electron chi connectivity index (χ2n) is 16.4. The SMILES string of the molecule is Cc1cc(O)c(-c2cc(=O)c3c(C)cc(O)c(C4OC(CO)C(O)C(O)C4O)c3o2)c(CC(=O)c2c(C)cc(O)c(C3OC(CO)C(O)C(O)C3OC(=O)C=Cc3ccc(O)cc3)c2O)c1. The van der Waals surface area contributed by atoms with Crippen molar-refractivity contribution in [2.24, 2.45) is 0 Å². The zero-order valence-electron chi connectivity index (χ0n) is 35.5. The summed E-state index contributed by atoms with van der Waals surface area (Å²) in [5.41, 5.74) is -1.43. The predicted molar refractivity (Wildman–Crippen MR) is 230 cm³/mol. The monoisotopic (exact) mass is 916 g/mol. The molecule has 0 amide bonds. The summed E-state index contributed by atoms with van der Waals surface area (Å²) in [6, 6.07) is 11.8. The first-order valence-electron chi connectivity index (χ1n) is 20.6.